The van der Waals surface area contributed by atoms with E-state index in [4.69, 9.17) is 6.42 Å². The molecule has 2 N–H and O–H groups in total. The van der Waals surface area contributed by atoms with Gasteiger partial charge >= 0.3 is 6.03 Å². The van der Waals surface area contributed by atoms with Crippen LogP contribution in [0, 0.1) is 12.3 Å². The molecule has 1 atom stereocenters. The molecular weight excluding hydrogens is 378 g/mol. The predicted octanol–water partition coefficient (Wildman–Crippen LogP) is 3.23. The van der Waals surface area contributed by atoms with Gasteiger partial charge in [-0.2, -0.15) is 0 Å². The molecule has 1 aliphatic rings. The van der Waals surface area contributed by atoms with Crippen LogP contribution in [0.1, 0.15) is 18.1 Å². The lowest BCUT2D eigenvalue weighted by molar-refractivity contribution is -0.133. The quantitative estimate of drug-likeness (QED) is 0.524. The fraction of sp³-hybridized carbons (Fsp3) is 0.125. The average Bonchev–Trinajstić information content (AvgIpc) is 2.97. The third-order valence-corrected chi connectivity index (χ3v) is 5.22. The largest absolute Gasteiger partial charge is 0.325 e. The molecule has 0 saturated carbocycles. The van der Waals surface area contributed by atoms with E-state index in [1.165, 1.54) is 0 Å². The fourth-order valence-electron chi connectivity index (χ4n) is 3.57. The molecule has 4 rings (SSSR count). The zero-order valence-electron chi connectivity index (χ0n) is 16.3. The highest BCUT2D eigenvalue weighted by Crippen LogP contribution is 2.31. The molecule has 1 heterocycles. The number of carbonyl (C=O) groups excluding carboxylic acids is 3. The van der Waals surface area contributed by atoms with Gasteiger partial charge in [-0.15, -0.1) is 6.42 Å². The van der Waals surface area contributed by atoms with Gasteiger partial charge in [0.25, 0.3) is 5.91 Å². The maximum Gasteiger partial charge on any atom is 0.325 e. The van der Waals surface area contributed by atoms with E-state index in [9.17, 15) is 14.4 Å². The van der Waals surface area contributed by atoms with Gasteiger partial charge < -0.3 is 10.6 Å². The second kappa shape index (κ2) is 7.37. The van der Waals surface area contributed by atoms with Gasteiger partial charge in [0.2, 0.25) is 5.91 Å². The Morgan fingerprint density at radius 2 is 1.83 bits per heavy atom. The second-order valence-electron chi connectivity index (χ2n) is 7.28. The number of nitrogens with one attached hydrogen (secondary N) is 2. The molecule has 4 amide bonds. The van der Waals surface area contributed by atoms with E-state index < -0.39 is 29.9 Å². The van der Waals surface area contributed by atoms with Crippen molar-refractivity contribution in [3.63, 3.8) is 0 Å². The lowest BCUT2D eigenvalue weighted by atomic mass is 9.90. The zero-order chi connectivity index (χ0) is 21.3. The van der Waals surface area contributed by atoms with Crippen molar-refractivity contribution in [1.82, 2.24) is 10.2 Å². The van der Waals surface area contributed by atoms with E-state index in [0.29, 0.717) is 16.8 Å². The molecule has 6 nitrogen and oxygen atoms in total. The van der Waals surface area contributed by atoms with Crippen molar-refractivity contribution in [2.24, 2.45) is 0 Å². The van der Waals surface area contributed by atoms with Crippen molar-refractivity contribution < 1.29 is 14.4 Å². The Balaban J connectivity index is 1.54. The molecule has 1 fully saturated rings. The van der Waals surface area contributed by atoms with Crippen LogP contribution < -0.4 is 10.6 Å². The third kappa shape index (κ3) is 3.38. The maximum absolute atomic E-state index is 13.1. The summed E-state index contributed by atoms with van der Waals surface area (Å²) < 4.78 is 0. The minimum atomic E-state index is -1.25. The van der Waals surface area contributed by atoms with Gasteiger partial charge in [0, 0.05) is 11.3 Å². The Bertz CT molecular complexity index is 1230. The first-order chi connectivity index (χ1) is 14.4. The Morgan fingerprint density at radius 3 is 2.60 bits per heavy atom. The van der Waals surface area contributed by atoms with Gasteiger partial charge in [-0.1, -0.05) is 48.4 Å². The minimum Gasteiger partial charge on any atom is -0.324 e. The van der Waals surface area contributed by atoms with Crippen molar-refractivity contribution in [3.8, 4) is 12.3 Å². The molecule has 1 saturated heterocycles. The van der Waals surface area contributed by atoms with Gasteiger partial charge in [-0.25, -0.2) is 4.79 Å². The predicted molar refractivity (Wildman–Crippen MR) is 115 cm³/mol. The number of nitrogens with zero attached hydrogens (tertiary/aromatic N) is 1. The molecule has 1 unspecified atom stereocenters. The summed E-state index contributed by atoms with van der Waals surface area (Å²) in [6.07, 6.45) is 5.37. The molecule has 30 heavy (non-hydrogen) atoms. The Hall–Kier alpha value is -4.11. The van der Waals surface area contributed by atoms with E-state index in [2.05, 4.69) is 16.6 Å². The van der Waals surface area contributed by atoms with Crippen LogP contribution in [0.15, 0.2) is 66.7 Å². The van der Waals surface area contributed by atoms with Crippen molar-refractivity contribution >= 4 is 34.3 Å². The van der Waals surface area contributed by atoms with E-state index in [1.807, 2.05) is 42.5 Å². The highest BCUT2D eigenvalue weighted by Gasteiger charge is 2.49. The van der Waals surface area contributed by atoms with Gasteiger partial charge in [-0.3, -0.25) is 14.5 Å². The number of rotatable bonds is 4. The summed E-state index contributed by atoms with van der Waals surface area (Å²) in [4.78, 5) is 39.0. The third-order valence-electron chi connectivity index (χ3n) is 5.22. The smallest absolute Gasteiger partial charge is 0.324 e. The topological polar surface area (TPSA) is 78.5 Å². The van der Waals surface area contributed by atoms with E-state index in [0.717, 1.165) is 15.7 Å². The maximum atomic E-state index is 13.1. The first kappa shape index (κ1) is 19.2. The van der Waals surface area contributed by atoms with E-state index in [1.54, 1.807) is 31.2 Å². The van der Waals surface area contributed by atoms with E-state index >= 15 is 0 Å². The standard InChI is InChI=1S/C24H19N3O3/c1-3-16-7-6-10-20(13-16)25-21(28)15-27-22(29)24(2,26-23(27)30)19-12-11-17-8-4-5-9-18(17)14-19/h1,4-14H,15H2,2H3,(H,25,28)(H,26,30). The lowest BCUT2D eigenvalue weighted by Crippen LogP contribution is -2.42. The highest BCUT2D eigenvalue weighted by molar-refractivity contribution is 6.10. The summed E-state index contributed by atoms with van der Waals surface area (Å²) in [5.41, 5.74) is 0.528. The molecular formula is C24H19N3O3. The number of benzene rings is 3. The zero-order valence-corrected chi connectivity index (χ0v) is 16.3. The van der Waals surface area contributed by atoms with Crippen LogP contribution in [-0.4, -0.2) is 29.3 Å². The number of anilines is 1. The molecule has 6 heteroatoms. The summed E-state index contributed by atoms with van der Waals surface area (Å²) in [7, 11) is 0. The number of amides is 4. The summed E-state index contributed by atoms with van der Waals surface area (Å²) >= 11 is 0. The molecule has 0 radical (unpaired) electrons. The van der Waals surface area contributed by atoms with Crippen LogP contribution in [0.2, 0.25) is 0 Å². The number of hydrogen-bond acceptors (Lipinski definition) is 3. The number of hydrogen-bond donors (Lipinski definition) is 2. The number of terminal acetylenes is 1. The molecule has 0 bridgehead atoms. The van der Waals surface area contributed by atoms with Crippen LogP contribution in [0.5, 0.6) is 0 Å². The number of fused-ring (bicyclic) bond motifs is 1. The second-order valence-corrected chi connectivity index (χ2v) is 7.28. The first-order valence-electron chi connectivity index (χ1n) is 9.40. The fourth-order valence-corrected chi connectivity index (χ4v) is 3.57. The molecule has 3 aromatic rings. The van der Waals surface area contributed by atoms with Gasteiger partial charge in [0.1, 0.15) is 12.1 Å². The normalized spacial score (nSPS) is 18.2. The van der Waals surface area contributed by atoms with Crippen molar-refractivity contribution in [2.75, 3.05) is 11.9 Å². The van der Waals surface area contributed by atoms with Gasteiger partial charge in [0.15, 0.2) is 0 Å². The highest BCUT2D eigenvalue weighted by atomic mass is 16.2. The first-order valence-corrected chi connectivity index (χ1v) is 9.40. The summed E-state index contributed by atoms with van der Waals surface area (Å²) in [5.74, 6) is 1.52. The van der Waals surface area contributed by atoms with Crippen molar-refractivity contribution in [1.29, 1.82) is 0 Å². The van der Waals surface area contributed by atoms with Crippen molar-refractivity contribution in [3.05, 3.63) is 77.9 Å². The van der Waals surface area contributed by atoms with Crippen LogP contribution in [0.25, 0.3) is 10.8 Å². The molecule has 0 spiro atoms. The molecule has 0 aliphatic carbocycles. The SMILES string of the molecule is C#Cc1cccc(NC(=O)CN2C(=O)NC(C)(c3ccc4ccccc4c3)C2=O)c1. The molecule has 3 aromatic carbocycles. The van der Waals surface area contributed by atoms with Crippen LogP contribution in [-0.2, 0) is 15.1 Å². The number of imide groups is 1. The van der Waals surface area contributed by atoms with Crippen molar-refractivity contribution in [2.45, 2.75) is 12.5 Å². The monoisotopic (exact) mass is 397 g/mol. The summed E-state index contributed by atoms with van der Waals surface area (Å²) in [5, 5.41) is 7.39. The van der Waals surface area contributed by atoms with Crippen LogP contribution >= 0.6 is 0 Å². The summed E-state index contributed by atoms with van der Waals surface area (Å²) in [6.45, 7) is 1.25. The average molecular weight is 397 g/mol. The van der Waals surface area contributed by atoms with Gasteiger partial charge in [0.05, 0.1) is 0 Å². The minimum absolute atomic E-state index is 0.395. The Labute approximate surface area is 173 Å². The van der Waals surface area contributed by atoms with Gasteiger partial charge in [-0.05, 0) is 47.5 Å². The molecule has 1 aliphatic heterocycles. The molecule has 148 valence electrons. The Kier molecular flexibility index (Phi) is 4.72. The molecule has 0 aromatic heterocycles. The van der Waals surface area contributed by atoms with Crippen LogP contribution in [0.4, 0.5) is 10.5 Å². The lowest BCUT2D eigenvalue weighted by Gasteiger charge is -2.22. The summed E-state index contributed by atoms with van der Waals surface area (Å²) in [6, 6.07) is 19.5. The van der Waals surface area contributed by atoms with Crippen LogP contribution in [0.3, 0.4) is 0 Å². The van der Waals surface area contributed by atoms with E-state index in [-0.39, 0.29) is 0 Å². The number of carbonyl (C=O) groups is 3. The Morgan fingerprint density at radius 1 is 1.07 bits per heavy atom. The number of urea groups is 1.